The first-order chi connectivity index (χ1) is 10.2. The number of hydrogen-bond donors (Lipinski definition) is 2. The van der Waals surface area contributed by atoms with Crippen LogP contribution in [0.2, 0.25) is 0 Å². The Morgan fingerprint density at radius 1 is 1.10 bits per heavy atom. The van der Waals surface area contributed by atoms with Crippen molar-refractivity contribution in [3.05, 3.63) is 47.9 Å². The predicted octanol–water partition coefficient (Wildman–Crippen LogP) is 2.30. The van der Waals surface area contributed by atoms with E-state index in [1.165, 1.54) is 0 Å². The van der Waals surface area contributed by atoms with Gasteiger partial charge in [0.2, 0.25) is 0 Å². The monoisotopic (exact) mass is 290 g/mol. The molecule has 2 amide bonds. The lowest BCUT2D eigenvalue weighted by Crippen LogP contribution is -2.34. The standard InChI is InChI=1S/C15H18N2O4/c1-19-13-6-5-11(8-14(13)20-2)9-16-15(18)17-10-12-4-3-7-21-12/h3-8H,9-10H2,1-2H3,(H2,16,17,18). The summed E-state index contributed by atoms with van der Waals surface area (Å²) in [6.45, 7) is 0.745. The molecule has 112 valence electrons. The average molecular weight is 290 g/mol. The third-order valence-electron chi connectivity index (χ3n) is 2.90. The van der Waals surface area contributed by atoms with Gasteiger partial charge in [-0.15, -0.1) is 0 Å². The summed E-state index contributed by atoms with van der Waals surface area (Å²) in [5.74, 6) is 1.99. The SMILES string of the molecule is COc1ccc(CNC(=O)NCc2ccco2)cc1OC. The van der Waals surface area contributed by atoms with Crippen LogP contribution in [-0.2, 0) is 13.1 Å². The van der Waals surface area contributed by atoms with Crippen LogP contribution in [0, 0.1) is 0 Å². The molecule has 0 unspecified atom stereocenters. The van der Waals surface area contributed by atoms with Crippen LogP contribution < -0.4 is 20.1 Å². The predicted molar refractivity (Wildman–Crippen MR) is 77.3 cm³/mol. The molecule has 0 aliphatic carbocycles. The Kier molecular flexibility index (Phi) is 5.09. The van der Waals surface area contributed by atoms with Crippen LogP contribution in [0.5, 0.6) is 11.5 Å². The maximum atomic E-state index is 11.7. The van der Waals surface area contributed by atoms with Crippen molar-refractivity contribution in [1.29, 1.82) is 0 Å². The van der Waals surface area contributed by atoms with E-state index >= 15 is 0 Å². The zero-order valence-corrected chi connectivity index (χ0v) is 12.0. The fourth-order valence-electron chi connectivity index (χ4n) is 1.82. The van der Waals surface area contributed by atoms with Gasteiger partial charge in [0.1, 0.15) is 5.76 Å². The van der Waals surface area contributed by atoms with E-state index in [-0.39, 0.29) is 6.03 Å². The number of carbonyl (C=O) groups is 1. The van der Waals surface area contributed by atoms with Crippen LogP contribution >= 0.6 is 0 Å². The van der Waals surface area contributed by atoms with Gasteiger partial charge < -0.3 is 24.5 Å². The van der Waals surface area contributed by atoms with Gasteiger partial charge in [0, 0.05) is 6.54 Å². The van der Waals surface area contributed by atoms with Gasteiger partial charge in [-0.25, -0.2) is 4.79 Å². The third-order valence-corrected chi connectivity index (χ3v) is 2.90. The van der Waals surface area contributed by atoms with Gasteiger partial charge in [-0.3, -0.25) is 0 Å². The summed E-state index contributed by atoms with van der Waals surface area (Å²) in [6, 6.07) is 8.81. The molecule has 6 nitrogen and oxygen atoms in total. The topological polar surface area (TPSA) is 72.7 Å². The first kappa shape index (κ1) is 14.8. The summed E-state index contributed by atoms with van der Waals surface area (Å²) >= 11 is 0. The molecule has 2 aromatic rings. The zero-order chi connectivity index (χ0) is 15.1. The zero-order valence-electron chi connectivity index (χ0n) is 12.0. The normalized spacial score (nSPS) is 10.0. The molecule has 0 radical (unpaired) electrons. The van der Waals surface area contributed by atoms with Gasteiger partial charge in [-0.05, 0) is 29.8 Å². The van der Waals surface area contributed by atoms with Crippen molar-refractivity contribution in [1.82, 2.24) is 10.6 Å². The van der Waals surface area contributed by atoms with Crippen LogP contribution in [0.25, 0.3) is 0 Å². The maximum Gasteiger partial charge on any atom is 0.315 e. The highest BCUT2D eigenvalue weighted by molar-refractivity contribution is 5.73. The number of ether oxygens (including phenoxy) is 2. The molecule has 0 saturated heterocycles. The highest BCUT2D eigenvalue weighted by Crippen LogP contribution is 2.27. The fourth-order valence-corrected chi connectivity index (χ4v) is 1.82. The molecule has 6 heteroatoms. The van der Waals surface area contributed by atoms with E-state index in [2.05, 4.69) is 10.6 Å². The van der Waals surface area contributed by atoms with Crippen LogP contribution in [-0.4, -0.2) is 20.3 Å². The summed E-state index contributed by atoms with van der Waals surface area (Å²) < 4.78 is 15.5. The molecular weight excluding hydrogens is 272 g/mol. The van der Waals surface area contributed by atoms with Crippen LogP contribution in [0.4, 0.5) is 4.79 Å². The lowest BCUT2D eigenvalue weighted by Gasteiger charge is -2.10. The van der Waals surface area contributed by atoms with E-state index < -0.39 is 0 Å². The number of benzene rings is 1. The molecule has 0 aliphatic heterocycles. The van der Waals surface area contributed by atoms with Crippen molar-refractivity contribution in [2.75, 3.05) is 14.2 Å². The molecule has 1 aromatic heterocycles. The largest absolute Gasteiger partial charge is 0.493 e. The lowest BCUT2D eigenvalue weighted by molar-refractivity contribution is 0.239. The molecular formula is C15H18N2O4. The van der Waals surface area contributed by atoms with E-state index in [1.54, 1.807) is 38.7 Å². The minimum atomic E-state index is -0.263. The molecule has 0 atom stereocenters. The van der Waals surface area contributed by atoms with Crippen molar-refractivity contribution >= 4 is 6.03 Å². The Hall–Kier alpha value is -2.63. The van der Waals surface area contributed by atoms with Gasteiger partial charge in [-0.2, -0.15) is 0 Å². The second-order valence-electron chi connectivity index (χ2n) is 4.30. The minimum absolute atomic E-state index is 0.263. The second-order valence-corrected chi connectivity index (χ2v) is 4.30. The Bertz CT molecular complexity index is 581. The van der Waals surface area contributed by atoms with Crippen molar-refractivity contribution in [2.45, 2.75) is 13.1 Å². The molecule has 0 fully saturated rings. The molecule has 2 rings (SSSR count). The highest BCUT2D eigenvalue weighted by Gasteiger charge is 2.06. The number of carbonyl (C=O) groups excluding carboxylic acids is 1. The summed E-state index contributed by atoms with van der Waals surface area (Å²) in [6.07, 6.45) is 1.57. The summed E-state index contributed by atoms with van der Waals surface area (Å²) in [4.78, 5) is 11.7. The highest BCUT2D eigenvalue weighted by atomic mass is 16.5. The minimum Gasteiger partial charge on any atom is -0.493 e. The van der Waals surface area contributed by atoms with Crippen molar-refractivity contribution in [3.63, 3.8) is 0 Å². The Morgan fingerprint density at radius 3 is 2.52 bits per heavy atom. The molecule has 0 aliphatic rings. The van der Waals surface area contributed by atoms with E-state index in [1.807, 2.05) is 12.1 Å². The Balaban J connectivity index is 1.83. The first-order valence-electron chi connectivity index (χ1n) is 6.48. The molecule has 0 saturated carbocycles. The van der Waals surface area contributed by atoms with Crippen LogP contribution in [0.1, 0.15) is 11.3 Å². The molecule has 1 heterocycles. The van der Waals surface area contributed by atoms with Gasteiger partial charge in [0.25, 0.3) is 0 Å². The van der Waals surface area contributed by atoms with Crippen molar-refractivity contribution in [2.24, 2.45) is 0 Å². The molecule has 0 spiro atoms. The van der Waals surface area contributed by atoms with Gasteiger partial charge in [0.05, 0.1) is 27.0 Å². The quantitative estimate of drug-likeness (QED) is 0.856. The van der Waals surface area contributed by atoms with Crippen LogP contribution in [0.3, 0.4) is 0 Å². The number of hydrogen-bond acceptors (Lipinski definition) is 4. The molecule has 2 N–H and O–H groups in total. The van der Waals surface area contributed by atoms with Gasteiger partial charge in [-0.1, -0.05) is 6.07 Å². The van der Waals surface area contributed by atoms with E-state index in [4.69, 9.17) is 13.9 Å². The van der Waals surface area contributed by atoms with Crippen molar-refractivity contribution < 1.29 is 18.7 Å². The summed E-state index contributed by atoms with van der Waals surface area (Å²) in [5, 5.41) is 5.47. The lowest BCUT2D eigenvalue weighted by atomic mass is 10.2. The van der Waals surface area contributed by atoms with E-state index in [0.717, 1.165) is 5.56 Å². The summed E-state index contributed by atoms with van der Waals surface area (Å²) in [5.41, 5.74) is 0.917. The molecule has 21 heavy (non-hydrogen) atoms. The third kappa shape index (κ3) is 4.17. The van der Waals surface area contributed by atoms with E-state index in [9.17, 15) is 4.79 Å². The number of nitrogens with one attached hydrogen (secondary N) is 2. The average Bonchev–Trinajstić information content (AvgIpc) is 3.04. The first-order valence-corrected chi connectivity index (χ1v) is 6.48. The smallest absolute Gasteiger partial charge is 0.315 e. The summed E-state index contributed by atoms with van der Waals surface area (Å²) in [7, 11) is 3.16. The number of rotatable bonds is 6. The number of amides is 2. The second kappa shape index (κ2) is 7.23. The number of methoxy groups -OCH3 is 2. The van der Waals surface area contributed by atoms with E-state index in [0.29, 0.717) is 30.3 Å². The van der Waals surface area contributed by atoms with Crippen molar-refractivity contribution in [3.8, 4) is 11.5 Å². The van der Waals surface area contributed by atoms with Crippen LogP contribution in [0.15, 0.2) is 41.0 Å². The molecule has 1 aromatic carbocycles. The maximum absolute atomic E-state index is 11.7. The van der Waals surface area contributed by atoms with Gasteiger partial charge >= 0.3 is 6.03 Å². The number of urea groups is 1. The number of furan rings is 1. The Labute approximate surface area is 123 Å². The Morgan fingerprint density at radius 2 is 1.86 bits per heavy atom. The van der Waals surface area contributed by atoms with Gasteiger partial charge in [0.15, 0.2) is 11.5 Å². The fraction of sp³-hybridized carbons (Fsp3) is 0.267. The molecule has 0 bridgehead atoms.